The molecule has 0 aliphatic carbocycles. The van der Waals surface area contributed by atoms with Gasteiger partial charge in [0.25, 0.3) is 0 Å². The summed E-state index contributed by atoms with van der Waals surface area (Å²) in [7, 11) is 2.20. The Kier molecular flexibility index (Phi) is 6.62. The van der Waals surface area contributed by atoms with Crippen LogP contribution in [0, 0.1) is 0 Å². The summed E-state index contributed by atoms with van der Waals surface area (Å²) in [5, 5.41) is 9.57. The molecule has 0 saturated carbocycles. The van der Waals surface area contributed by atoms with E-state index in [-0.39, 0.29) is 6.61 Å². The van der Waals surface area contributed by atoms with E-state index in [1.807, 2.05) is 0 Å². The van der Waals surface area contributed by atoms with Crippen LogP contribution in [0.3, 0.4) is 0 Å². The van der Waals surface area contributed by atoms with Crippen molar-refractivity contribution in [2.45, 2.75) is 44.4 Å². The van der Waals surface area contributed by atoms with Gasteiger partial charge in [-0.15, -0.1) is 0 Å². The van der Waals surface area contributed by atoms with Gasteiger partial charge >= 0.3 is 0 Å². The number of rotatable bonds is 7. The highest BCUT2D eigenvalue weighted by atomic mass is 16.3. The molecule has 3 nitrogen and oxygen atoms in total. The smallest absolute Gasteiger partial charge is 0.0446 e. The molecule has 134 valence electrons. The van der Waals surface area contributed by atoms with Gasteiger partial charge in [-0.05, 0) is 44.0 Å². The Labute approximate surface area is 151 Å². The molecule has 0 aromatic heterocycles. The number of benzene rings is 2. The first-order valence-corrected chi connectivity index (χ1v) is 9.41. The average molecular weight is 338 g/mol. The van der Waals surface area contributed by atoms with Crippen LogP contribution in [0.2, 0.25) is 0 Å². The van der Waals surface area contributed by atoms with Crippen LogP contribution in [-0.2, 0) is 13.1 Å². The number of hydrogen-bond acceptors (Lipinski definition) is 3. The minimum absolute atomic E-state index is 0.260. The van der Waals surface area contributed by atoms with Gasteiger partial charge < -0.3 is 10.0 Å². The van der Waals surface area contributed by atoms with E-state index in [0.29, 0.717) is 12.1 Å². The Morgan fingerprint density at radius 1 is 0.960 bits per heavy atom. The van der Waals surface area contributed by atoms with Crippen LogP contribution >= 0.6 is 0 Å². The van der Waals surface area contributed by atoms with Crippen molar-refractivity contribution >= 4 is 0 Å². The topological polar surface area (TPSA) is 26.7 Å². The molecule has 0 unspecified atom stereocenters. The fourth-order valence-electron chi connectivity index (χ4n) is 4.10. The molecule has 0 spiro atoms. The molecule has 1 heterocycles. The van der Waals surface area contributed by atoms with Crippen molar-refractivity contribution in [3.63, 3.8) is 0 Å². The lowest BCUT2D eigenvalue weighted by Crippen LogP contribution is -2.53. The minimum Gasteiger partial charge on any atom is -0.396 e. The van der Waals surface area contributed by atoms with Crippen LogP contribution < -0.4 is 0 Å². The SMILES string of the molecule is CN1CCC[C@H](N(Cc2ccccc2)Cc2ccccc2)[C@H]1CCO. The molecule has 2 aromatic rings. The van der Waals surface area contributed by atoms with Gasteiger partial charge in [0.2, 0.25) is 0 Å². The molecule has 25 heavy (non-hydrogen) atoms. The fourth-order valence-corrected chi connectivity index (χ4v) is 4.10. The lowest BCUT2D eigenvalue weighted by Gasteiger charge is -2.45. The third-order valence-electron chi connectivity index (χ3n) is 5.37. The molecule has 0 bridgehead atoms. The summed E-state index contributed by atoms with van der Waals surface area (Å²) in [6.45, 7) is 3.30. The van der Waals surface area contributed by atoms with E-state index in [1.165, 1.54) is 24.0 Å². The van der Waals surface area contributed by atoms with Gasteiger partial charge in [0.1, 0.15) is 0 Å². The molecular formula is C22H30N2O. The van der Waals surface area contributed by atoms with Crippen LogP contribution in [0.4, 0.5) is 0 Å². The van der Waals surface area contributed by atoms with Crippen molar-refractivity contribution in [1.82, 2.24) is 9.80 Å². The van der Waals surface area contributed by atoms with Crippen molar-refractivity contribution in [2.75, 3.05) is 20.2 Å². The van der Waals surface area contributed by atoms with E-state index >= 15 is 0 Å². The number of aliphatic hydroxyl groups excluding tert-OH is 1. The maximum atomic E-state index is 9.57. The Morgan fingerprint density at radius 3 is 2.04 bits per heavy atom. The van der Waals surface area contributed by atoms with Crippen LogP contribution in [-0.4, -0.2) is 47.2 Å². The number of nitrogens with zero attached hydrogens (tertiary/aromatic N) is 2. The highest BCUT2D eigenvalue weighted by Crippen LogP contribution is 2.26. The highest BCUT2D eigenvalue weighted by Gasteiger charge is 2.33. The van der Waals surface area contributed by atoms with Gasteiger partial charge in [-0.1, -0.05) is 60.7 Å². The first-order valence-electron chi connectivity index (χ1n) is 9.41. The van der Waals surface area contributed by atoms with Gasteiger partial charge in [-0.25, -0.2) is 0 Å². The van der Waals surface area contributed by atoms with Gasteiger partial charge in [0, 0.05) is 31.8 Å². The first-order chi connectivity index (χ1) is 12.3. The van der Waals surface area contributed by atoms with Gasteiger partial charge in [0.15, 0.2) is 0 Å². The average Bonchev–Trinajstić information content (AvgIpc) is 2.65. The molecule has 3 heteroatoms. The van der Waals surface area contributed by atoms with Crippen LogP contribution in [0.25, 0.3) is 0 Å². The van der Waals surface area contributed by atoms with Gasteiger partial charge in [0.05, 0.1) is 0 Å². The van der Waals surface area contributed by atoms with E-state index in [1.54, 1.807) is 0 Å². The van der Waals surface area contributed by atoms with E-state index < -0.39 is 0 Å². The summed E-state index contributed by atoms with van der Waals surface area (Å²) in [5.74, 6) is 0. The number of aliphatic hydroxyl groups is 1. The summed E-state index contributed by atoms with van der Waals surface area (Å²) >= 11 is 0. The van der Waals surface area contributed by atoms with E-state index in [4.69, 9.17) is 0 Å². The molecule has 0 radical (unpaired) electrons. The summed E-state index contributed by atoms with van der Waals surface area (Å²) in [6, 6.07) is 22.4. The van der Waals surface area contributed by atoms with Crippen molar-refractivity contribution in [3.8, 4) is 0 Å². The molecule has 1 saturated heterocycles. The Morgan fingerprint density at radius 2 is 1.52 bits per heavy atom. The zero-order chi connectivity index (χ0) is 17.5. The number of piperidine rings is 1. The predicted octanol–water partition coefficient (Wildman–Crippen LogP) is 3.53. The molecule has 1 aliphatic rings. The summed E-state index contributed by atoms with van der Waals surface area (Å²) in [6.07, 6.45) is 3.28. The molecular weight excluding hydrogens is 308 g/mol. The standard InChI is InChI=1S/C22H30N2O/c1-23-15-8-13-22(21(23)14-16-25)24(17-19-9-4-2-5-10-19)18-20-11-6-3-7-12-20/h2-7,9-12,21-22,25H,8,13-18H2,1H3/t21-,22+/m1/s1. The largest absolute Gasteiger partial charge is 0.396 e. The number of likely N-dealkylation sites (tertiary alicyclic amines) is 1. The third-order valence-corrected chi connectivity index (χ3v) is 5.37. The Balaban J connectivity index is 1.83. The summed E-state index contributed by atoms with van der Waals surface area (Å²) in [5.41, 5.74) is 2.71. The van der Waals surface area contributed by atoms with Crippen LogP contribution in [0.1, 0.15) is 30.4 Å². The van der Waals surface area contributed by atoms with Crippen molar-refractivity contribution < 1.29 is 5.11 Å². The zero-order valence-electron chi connectivity index (χ0n) is 15.2. The maximum absolute atomic E-state index is 9.57. The molecule has 2 aromatic carbocycles. The third kappa shape index (κ3) is 4.91. The first kappa shape index (κ1) is 18.1. The molecule has 1 aliphatic heterocycles. The fraction of sp³-hybridized carbons (Fsp3) is 0.455. The monoisotopic (exact) mass is 338 g/mol. The minimum atomic E-state index is 0.260. The normalized spacial score (nSPS) is 21.6. The van der Waals surface area contributed by atoms with Crippen molar-refractivity contribution in [3.05, 3.63) is 71.8 Å². The zero-order valence-corrected chi connectivity index (χ0v) is 15.2. The second-order valence-electron chi connectivity index (χ2n) is 7.15. The molecule has 2 atom stereocenters. The lowest BCUT2D eigenvalue weighted by molar-refractivity contribution is 0.0318. The highest BCUT2D eigenvalue weighted by molar-refractivity contribution is 5.17. The Bertz CT molecular complexity index is 575. The summed E-state index contributed by atoms with van der Waals surface area (Å²) in [4.78, 5) is 5.05. The van der Waals surface area contributed by atoms with Gasteiger partial charge in [-0.2, -0.15) is 0 Å². The van der Waals surface area contributed by atoms with E-state index in [2.05, 4.69) is 77.5 Å². The second kappa shape index (κ2) is 9.14. The van der Waals surface area contributed by atoms with Crippen molar-refractivity contribution in [1.29, 1.82) is 0 Å². The predicted molar refractivity (Wildman–Crippen MR) is 103 cm³/mol. The number of hydrogen-bond donors (Lipinski definition) is 1. The molecule has 1 N–H and O–H groups in total. The Hall–Kier alpha value is -1.68. The molecule has 1 fully saturated rings. The number of likely N-dealkylation sites (N-methyl/N-ethyl adjacent to an activating group) is 1. The lowest BCUT2D eigenvalue weighted by atomic mass is 9.92. The van der Waals surface area contributed by atoms with Gasteiger partial charge in [-0.3, -0.25) is 4.90 Å². The van der Waals surface area contributed by atoms with E-state index in [0.717, 1.165) is 26.1 Å². The van der Waals surface area contributed by atoms with Crippen LogP contribution in [0.15, 0.2) is 60.7 Å². The van der Waals surface area contributed by atoms with Crippen molar-refractivity contribution in [2.24, 2.45) is 0 Å². The maximum Gasteiger partial charge on any atom is 0.0446 e. The quantitative estimate of drug-likeness (QED) is 0.836. The van der Waals surface area contributed by atoms with E-state index in [9.17, 15) is 5.11 Å². The molecule has 3 rings (SSSR count). The van der Waals surface area contributed by atoms with Crippen LogP contribution in [0.5, 0.6) is 0 Å². The summed E-state index contributed by atoms with van der Waals surface area (Å²) < 4.78 is 0. The second-order valence-corrected chi connectivity index (χ2v) is 7.15. The molecule has 0 amide bonds.